The topological polar surface area (TPSA) is 101 Å². The monoisotopic (exact) mass is 498 g/mol. The molecule has 1 fully saturated rings. The van der Waals surface area contributed by atoms with Crippen LogP contribution in [0.3, 0.4) is 0 Å². The summed E-state index contributed by atoms with van der Waals surface area (Å²) < 4.78 is 5.14. The summed E-state index contributed by atoms with van der Waals surface area (Å²) >= 11 is 7.68. The van der Waals surface area contributed by atoms with E-state index in [1.54, 1.807) is 44.5 Å². The summed E-state index contributed by atoms with van der Waals surface area (Å²) in [4.78, 5) is 44.2. The minimum Gasteiger partial charge on any atom is -0.497 e. The first kappa shape index (κ1) is 23.7. The van der Waals surface area contributed by atoms with Gasteiger partial charge >= 0.3 is 6.03 Å². The van der Waals surface area contributed by atoms with Gasteiger partial charge in [0.05, 0.1) is 7.11 Å². The molecular formula is C24H23ClN4O4S. The fraction of sp³-hybridized carbons (Fsp3) is 0.250. The maximum atomic E-state index is 13.1. The Kier molecular flexibility index (Phi) is 6.58. The third-order valence-corrected chi connectivity index (χ3v) is 7.13. The summed E-state index contributed by atoms with van der Waals surface area (Å²) in [5.41, 5.74) is 1.28. The number of carbonyl (C=O) groups excluding carboxylic acids is 3. The molecule has 10 heteroatoms. The Labute approximate surface area is 205 Å². The summed E-state index contributed by atoms with van der Waals surface area (Å²) in [6, 6.07) is 12.0. The van der Waals surface area contributed by atoms with Gasteiger partial charge in [0.1, 0.15) is 17.8 Å². The van der Waals surface area contributed by atoms with Gasteiger partial charge in [0.2, 0.25) is 5.91 Å². The smallest absolute Gasteiger partial charge is 0.325 e. The van der Waals surface area contributed by atoms with Crippen molar-refractivity contribution >= 4 is 45.9 Å². The molecule has 2 N–H and O–H groups in total. The van der Waals surface area contributed by atoms with E-state index in [-0.39, 0.29) is 0 Å². The lowest BCUT2D eigenvalue weighted by Gasteiger charge is -2.22. The number of nitrogens with one attached hydrogen (secondary N) is 2. The number of carbonyl (C=O) groups is 3. The maximum Gasteiger partial charge on any atom is 0.325 e. The predicted octanol–water partition coefficient (Wildman–Crippen LogP) is 4.11. The molecule has 1 unspecified atom stereocenters. The van der Waals surface area contributed by atoms with E-state index in [9.17, 15) is 14.4 Å². The van der Waals surface area contributed by atoms with Gasteiger partial charge in [-0.3, -0.25) is 14.5 Å². The lowest BCUT2D eigenvalue weighted by atomic mass is 9.92. The first-order chi connectivity index (χ1) is 16.2. The highest BCUT2D eigenvalue weighted by atomic mass is 35.5. The lowest BCUT2D eigenvalue weighted by molar-refractivity contribution is -0.133. The van der Waals surface area contributed by atoms with E-state index in [0.29, 0.717) is 27.9 Å². The molecule has 1 atom stereocenters. The number of aryl methyl sites for hydroxylation is 1. The van der Waals surface area contributed by atoms with Crippen molar-refractivity contribution in [1.29, 1.82) is 0 Å². The number of urea groups is 1. The van der Waals surface area contributed by atoms with Crippen LogP contribution < -0.4 is 15.4 Å². The second-order valence-electron chi connectivity index (χ2n) is 8.08. The van der Waals surface area contributed by atoms with Gasteiger partial charge in [-0.25, -0.2) is 9.78 Å². The summed E-state index contributed by atoms with van der Waals surface area (Å²) in [7, 11) is 1.54. The Morgan fingerprint density at radius 2 is 1.97 bits per heavy atom. The Morgan fingerprint density at radius 3 is 2.68 bits per heavy atom. The van der Waals surface area contributed by atoms with Gasteiger partial charge in [0.25, 0.3) is 5.91 Å². The van der Waals surface area contributed by atoms with E-state index in [1.807, 2.05) is 25.1 Å². The van der Waals surface area contributed by atoms with E-state index in [2.05, 4.69) is 15.6 Å². The Morgan fingerprint density at radius 1 is 1.24 bits per heavy atom. The van der Waals surface area contributed by atoms with Crippen molar-refractivity contribution in [3.05, 3.63) is 75.3 Å². The van der Waals surface area contributed by atoms with Crippen LogP contribution >= 0.6 is 22.9 Å². The van der Waals surface area contributed by atoms with Crippen LogP contribution in [0.2, 0.25) is 5.02 Å². The van der Waals surface area contributed by atoms with Gasteiger partial charge in [-0.05, 0) is 42.7 Å². The molecule has 1 aliphatic rings. The van der Waals surface area contributed by atoms with Gasteiger partial charge in [-0.15, -0.1) is 11.3 Å². The summed E-state index contributed by atoms with van der Waals surface area (Å²) in [6.07, 6.45) is 2.26. The van der Waals surface area contributed by atoms with Crippen LogP contribution in [0.5, 0.6) is 5.75 Å². The number of rotatable bonds is 7. The van der Waals surface area contributed by atoms with Gasteiger partial charge in [-0.2, -0.15) is 0 Å². The third-order valence-electron chi connectivity index (χ3n) is 5.68. The fourth-order valence-electron chi connectivity index (χ4n) is 3.74. The van der Waals surface area contributed by atoms with Gasteiger partial charge in [0.15, 0.2) is 5.13 Å². The van der Waals surface area contributed by atoms with E-state index < -0.39 is 29.9 Å². The van der Waals surface area contributed by atoms with Crippen LogP contribution in [0.25, 0.3) is 0 Å². The van der Waals surface area contributed by atoms with Gasteiger partial charge in [-0.1, -0.05) is 41.9 Å². The number of benzene rings is 2. The fourth-order valence-corrected chi connectivity index (χ4v) is 4.79. The molecule has 0 saturated carbocycles. The van der Waals surface area contributed by atoms with E-state index in [0.717, 1.165) is 20.9 Å². The molecule has 4 rings (SSSR count). The number of thiazole rings is 1. The second kappa shape index (κ2) is 9.44. The summed E-state index contributed by atoms with van der Waals surface area (Å²) in [5.74, 6) is -0.392. The highest BCUT2D eigenvalue weighted by Crippen LogP contribution is 2.30. The third kappa shape index (κ3) is 4.62. The number of nitrogens with zero attached hydrogens (tertiary/aromatic N) is 2. The number of aromatic nitrogens is 1. The molecule has 0 aliphatic carbocycles. The van der Waals surface area contributed by atoms with Crippen molar-refractivity contribution in [2.45, 2.75) is 25.8 Å². The molecule has 0 spiro atoms. The molecule has 2 aromatic carbocycles. The highest BCUT2D eigenvalue weighted by molar-refractivity contribution is 7.15. The van der Waals surface area contributed by atoms with Gasteiger partial charge < -0.3 is 15.4 Å². The summed E-state index contributed by atoms with van der Waals surface area (Å²) in [6.45, 7) is 3.13. The van der Waals surface area contributed by atoms with Crippen LogP contribution in [-0.2, 0) is 21.5 Å². The van der Waals surface area contributed by atoms with E-state index in [4.69, 9.17) is 16.3 Å². The Hall–Kier alpha value is -3.43. The molecule has 3 aromatic rings. The van der Waals surface area contributed by atoms with Crippen molar-refractivity contribution in [2.75, 3.05) is 19.0 Å². The molecule has 176 valence electrons. The van der Waals surface area contributed by atoms with Crippen LogP contribution in [0, 0.1) is 6.92 Å². The number of ether oxygens (including phenoxy) is 1. The van der Waals surface area contributed by atoms with Crippen molar-refractivity contribution in [2.24, 2.45) is 0 Å². The zero-order valence-electron chi connectivity index (χ0n) is 18.8. The number of amides is 4. The molecule has 0 bridgehead atoms. The minimum absolute atomic E-state index is 0.383. The summed E-state index contributed by atoms with van der Waals surface area (Å²) in [5, 5.41) is 6.45. The first-order valence-electron chi connectivity index (χ1n) is 10.5. The van der Waals surface area contributed by atoms with Gasteiger partial charge in [0, 0.05) is 22.5 Å². The predicted molar refractivity (Wildman–Crippen MR) is 130 cm³/mol. The number of anilines is 1. The van der Waals surface area contributed by atoms with Crippen LogP contribution in [-0.4, -0.2) is 41.4 Å². The number of hydrogen-bond donors (Lipinski definition) is 2. The maximum absolute atomic E-state index is 13.1. The molecule has 1 aromatic heterocycles. The average molecular weight is 499 g/mol. The first-order valence-corrected chi connectivity index (χ1v) is 11.7. The standard InChI is InChI=1S/C24H23ClN4O4S/c1-14-5-4-6-15(20(14)25)11-18-12-26-22(34-18)27-19(30)13-29-21(31)24(2,28-23(29)32)16-7-9-17(33-3)10-8-16/h4-10,12H,11,13H2,1-3H3,(H,28,32)(H,26,27,30). The molecular weight excluding hydrogens is 476 g/mol. The number of hydrogen-bond acceptors (Lipinski definition) is 6. The van der Waals surface area contributed by atoms with Crippen molar-refractivity contribution in [3.8, 4) is 5.75 Å². The molecule has 2 heterocycles. The SMILES string of the molecule is COc1ccc(C2(C)NC(=O)N(CC(=O)Nc3ncc(Cc4cccc(C)c4Cl)s3)C2=O)cc1. The molecule has 0 radical (unpaired) electrons. The zero-order valence-corrected chi connectivity index (χ0v) is 20.4. The second-order valence-corrected chi connectivity index (χ2v) is 9.57. The van der Waals surface area contributed by atoms with Crippen molar-refractivity contribution in [1.82, 2.24) is 15.2 Å². The largest absolute Gasteiger partial charge is 0.497 e. The van der Waals surface area contributed by atoms with Crippen LogP contribution in [0.4, 0.5) is 9.93 Å². The minimum atomic E-state index is -1.27. The quantitative estimate of drug-likeness (QED) is 0.477. The van der Waals surface area contributed by atoms with Crippen LogP contribution in [0.15, 0.2) is 48.7 Å². The number of halogens is 1. The highest BCUT2D eigenvalue weighted by Gasteiger charge is 2.49. The molecule has 34 heavy (non-hydrogen) atoms. The van der Waals surface area contributed by atoms with Crippen molar-refractivity contribution < 1.29 is 19.1 Å². The Bertz CT molecular complexity index is 1260. The molecule has 8 nitrogen and oxygen atoms in total. The number of imide groups is 1. The van der Waals surface area contributed by atoms with E-state index in [1.165, 1.54) is 11.3 Å². The average Bonchev–Trinajstić information content (AvgIpc) is 3.34. The molecule has 1 saturated heterocycles. The van der Waals surface area contributed by atoms with Crippen molar-refractivity contribution in [3.63, 3.8) is 0 Å². The lowest BCUT2D eigenvalue weighted by Crippen LogP contribution is -2.42. The Balaban J connectivity index is 1.40. The molecule has 1 aliphatic heterocycles. The zero-order chi connectivity index (χ0) is 24.5. The van der Waals surface area contributed by atoms with E-state index >= 15 is 0 Å². The normalized spacial score (nSPS) is 17.6. The molecule has 4 amide bonds. The number of methoxy groups -OCH3 is 1. The van der Waals surface area contributed by atoms with Crippen LogP contribution in [0.1, 0.15) is 28.5 Å².